The molecule has 1 aromatic heterocycles. The van der Waals surface area contributed by atoms with Crippen LogP contribution >= 0.6 is 27.7 Å². The van der Waals surface area contributed by atoms with Gasteiger partial charge in [-0.1, -0.05) is 45.9 Å². The average Bonchev–Trinajstić information content (AvgIpc) is 3.15. The molecule has 144 valence electrons. The Morgan fingerprint density at radius 3 is 2.71 bits per heavy atom. The minimum Gasteiger partial charge on any atom is -0.465 e. The molecule has 0 aliphatic heterocycles. The van der Waals surface area contributed by atoms with Crippen LogP contribution in [0.3, 0.4) is 0 Å². The number of carbonyl (C=O) groups is 2. The molecule has 0 unspecified atom stereocenters. The van der Waals surface area contributed by atoms with Gasteiger partial charge in [-0.05, 0) is 35.9 Å². The number of ether oxygens (including phenoxy) is 1. The predicted molar refractivity (Wildman–Crippen MR) is 108 cm³/mol. The molecular weight excluding hydrogens is 446 g/mol. The summed E-state index contributed by atoms with van der Waals surface area (Å²) in [6.45, 7) is 0. The molecule has 0 bridgehead atoms. The number of methoxy groups -OCH3 is 1. The van der Waals surface area contributed by atoms with E-state index in [4.69, 9.17) is 4.42 Å². The summed E-state index contributed by atoms with van der Waals surface area (Å²) in [5, 5.41) is 11.0. The summed E-state index contributed by atoms with van der Waals surface area (Å²) >= 11 is 4.54. The van der Waals surface area contributed by atoms with Crippen molar-refractivity contribution in [3.63, 3.8) is 0 Å². The van der Waals surface area contributed by atoms with Crippen molar-refractivity contribution in [1.29, 1.82) is 0 Å². The van der Waals surface area contributed by atoms with E-state index in [2.05, 4.69) is 36.2 Å². The lowest BCUT2D eigenvalue weighted by Gasteiger charge is -2.05. The van der Waals surface area contributed by atoms with Gasteiger partial charge in [0.05, 0.1) is 24.8 Å². The van der Waals surface area contributed by atoms with E-state index >= 15 is 0 Å². The smallest absolute Gasteiger partial charge is 0.337 e. The Bertz CT molecular complexity index is 975. The van der Waals surface area contributed by atoms with Crippen molar-refractivity contribution in [2.75, 3.05) is 18.2 Å². The molecular formula is C19H16BrN3O4S. The third kappa shape index (κ3) is 5.67. The number of hydrogen-bond acceptors (Lipinski definition) is 7. The first-order chi connectivity index (χ1) is 13.5. The monoisotopic (exact) mass is 461 g/mol. The van der Waals surface area contributed by atoms with Gasteiger partial charge in [0.25, 0.3) is 5.22 Å². The van der Waals surface area contributed by atoms with Crippen LogP contribution in [0.15, 0.2) is 62.6 Å². The average molecular weight is 462 g/mol. The number of carbonyl (C=O) groups excluding carboxylic acids is 2. The molecule has 0 aliphatic carbocycles. The van der Waals surface area contributed by atoms with Crippen LogP contribution in [0.4, 0.5) is 5.69 Å². The highest BCUT2D eigenvalue weighted by Crippen LogP contribution is 2.19. The molecule has 0 radical (unpaired) electrons. The first kappa shape index (κ1) is 20.1. The van der Waals surface area contributed by atoms with E-state index in [1.807, 2.05) is 24.3 Å². The molecule has 3 aromatic rings. The number of rotatable bonds is 7. The summed E-state index contributed by atoms with van der Waals surface area (Å²) in [5.74, 6) is -0.132. The first-order valence-corrected chi connectivity index (χ1v) is 9.99. The van der Waals surface area contributed by atoms with Crippen molar-refractivity contribution in [3.8, 4) is 0 Å². The van der Waals surface area contributed by atoms with E-state index in [0.717, 1.165) is 21.8 Å². The molecule has 7 nitrogen and oxygen atoms in total. The van der Waals surface area contributed by atoms with Crippen LogP contribution in [-0.4, -0.2) is 34.9 Å². The number of halogens is 1. The van der Waals surface area contributed by atoms with E-state index in [-0.39, 0.29) is 11.7 Å². The first-order valence-electron chi connectivity index (χ1n) is 8.21. The molecule has 0 fully saturated rings. The van der Waals surface area contributed by atoms with Gasteiger partial charge in [0.1, 0.15) is 0 Å². The number of nitrogens with zero attached hydrogens (tertiary/aromatic N) is 2. The maximum Gasteiger partial charge on any atom is 0.337 e. The molecule has 0 aliphatic rings. The summed E-state index contributed by atoms with van der Waals surface area (Å²) < 4.78 is 11.2. The van der Waals surface area contributed by atoms with Crippen molar-refractivity contribution in [1.82, 2.24) is 10.2 Å². The van der Waals surface area contributed by atoms with Crippen LogP contribution in [0.1, 0.15) is 21.8 Å². The SMILES string of the molecule is COC(=O)c1cccc(NC(=O)CSc2nnc(Cc3ccc(Br)cc3)o2)c1. The minimum atomic E-state index is -0.463. The lowest BCUT2D eigenvalue weighted by Crippen LogP contribution is -2.14. The fraction of sp³-hybridized carbons (Fsp3) is 0.158. The van der Waals surface area contributed by atoms with Gasteiger partial charge in [0.15, 0.2) is 0 Å². The maximum absolute atomic E-state index is 12.1. The second kappa shape index (κ2) is 9.52. The van der Waals surface area contributed by atoms with Crippen LogP contribution in [0, 0.1) is 0 Å². The number of amides is 1. The molecule has 0 spiro atoms. The Morgan fingerprint density at radius 2 is 1.96 bits per heavy atom. The van der Waals surface area contributed by atoms with Crippen molar-refractivity contribution >= 4 is 45.3 Å². The van der Waals surface area contributed by atoms with Gasteiger partial charge < -0.3 is 14.5 Å². The zero-order chi connectivity index (χ0) is 19.9. The predicted octanol–water partition coefficient (Wildman–Crippen LogP) is 3.94. The molecule has 3 rings (SSSR count). The molecule has 0 saturated heterocycles. The number of hydrogen-bond donors (Lipinski definition) is 1. The molecule has 28 heavy (non-hydrogen) atoms. The normalized spacial score (nSPS) is 10.5. The van der Waals surface area contributed by atoms with Gasteiger partial charge in [-0.15, -0.1) is 10.2 Å². The van der Waals surface area contributed by atoms with Gasteiger partial charge in [0, 0.05) is 10.2 Å². The Hall–Kier alpha value is -2.65. The van der Waals surface area contributed by atoms with Crippen molar-refractivity contribution < 1.29 is 18.7 Å². The minimum absolute atomic E-state index is 0.0996. The standard InChI is InChI=1S/C19H16BrN3O4S/c1-26-18(25)13-3-2-4-15(10-13)21-16(24)11-28-19-23-22-17(27-19)9-12-5-7-14(20)8-6-12/h2-8,10H,9,11H2,1H3,(H,21,24). The highest BCUT2D eigenvalue weighted by molar-refractivity contribution is 9.10. The molecule has 0 saturated carbocycles. The lowest BCUT2D eigenvalue weighted by molar-refractivity contribution is -0.113. The number of anilines is 1. The molecule has 1 heterocycles. The zero-order valence-electron chi connectivity index (χ0n) is 14.8. The highest BCUT2D eigenvalue weighted by Gasteiger charge is 2.12. The fourth-order valence-corrected chi connectivity index (χ4v) is 3.16. The highest BCUT2D eigenvalue weighted by atomic mass is 79.9. The zero-order valence-corrected chi connectivity index (χ0v) is 17.2. The van der Waals surface area contributed by atoms with Crippen LogP contribution in [0.2, 0.25) is 0 Å². The van der Waals surface area contributed by atoms with Crippen LogP contribution in [0.25, 0.3) is 0 Å². The molecule has 1 N–H and O–H groups in total. The van der Waals surface area contributed by atoms with E-state index < -0.39 is 5.97 Å². The van der Waals surface area contributed by atoms with Crippen LogP contribution < -0.4 is 5.32 Å². The molecule has 2 aromatic carbocycles. The summed E-state index contributed by atoms with van der Waals surface area (Å²) in [4.78, 5) is 23.7. The maximum atomic E-state index is 12.1. The second-order valence-electron chi connectivity index (χ2n) is 5.67. The molecule has 9 heteroatoms. The third-order valence-electron chi connectivity index (χ3n) is 3.61. The van der Waals surface area contributed by atoms with Gasteiger partial charge in [0.2, 0.25) is 11.8 Å². The van der Waals surface area contributed by atoms with E-state index in [1.165, 1.54) is 7.11 Å². The Morgan fingerprint density at radius 1 is 1.18 bits per heavy atom. The van der Waals surface area contributed by atoms with E-state index in [9.17, 15) is 9.59 Å². The van der Waals surface area contributed by atoms with Gasteiger partial charge in [-0.25, -0.2) is 4.79 Å². The number of nitrogens with one attached hydrogen (secondary N) is 1. The third-order valence-corrected chi connectivity index (χ3v) is 4.96. The number of aromatic nitrogens is 2. The number of benzene rings is 2. The molecule has 0 atom stereocenters. The van der Waals surface area contributed by atoms with Crippen molar-refractivity contribution in [2.45, 2.75) is 11.6 Å². The Labute approximate surface area is 174 Å². The van der Waals surface area contributed by atoms with Gasteiger partial charge in [-0.3, -0.25) is 4.79 Å². The topological polar surface area (TPSA) is 94.3 Å². The second-order valence-corrected chi connectivity index (χ2v) is 7.52. The number of esters is 1. The van der Waals surface area contributed by atoms with Gasteiger partial charge in [-0.2, -0.15) is 0 Å². The van der Waals surface area contributed by atoms with Gasteiger partial charge >= 0.3 is 5.97 Å². The van der Waals surface area contributed by atoms with Crippen molar-refractivity contribution in [2.24, 2.45) is 0 Å². The van der Waals surface area contributed by atoms with Crippen LogP contribution in [-0.2, 0) is 16.0 Å². The Kier molecular flexibility index (Phi) is 6.83. The summed E-state index contributed by atoms with van der Waals surface area (Å²) in [6, 6.07) is 14.4. The number of thioether (sulfide) groups is 1. The summed E-state index contributed by atoms with van der Waals surface area (Å²) in [6.07, 6.45) is 0.521. The summed E-state index contributed by atoms with van der Waals surface area (Å²) in [7, 11) is 1.31. The van der Waals surface area contributed by atoms with Crippen molar-refractivity contribution in [3.05, 3.63) is 70.0 Å². The lowest BCUT2D eigenvalue weighted by atomic mass is 10.2. The quantitative estimate of drug-likeness (QED) is 0.420. The van der Waals surface area contributed by atoms with E-state index in [0.29, 0.717) is 28.8 Å². The van der Waals surface area contributed by atoms with Crippen LogP contribution in [0.5, 0.6) is 0 Å². The fourth-order valence-electron chi connectivity index (χ4n) is 2.31. The summed E-state index contributed by atoms with van der Waals surface area (Å²) in [5.41, 5.74) is 1.92. The largest absolute Gasteiger partial charge is 0.465 e. The Balaban J connectivity index is 1.52. The van der Waals surface area contributed by atoms with E-state index in [1.54, 1.807) is 24.3 Å². The molecule has 1 amide bonds.